The molecule has 2 rings (SSSR count). The molecule has 128 valence electrons. The second-order valence-electron chi connectivity index (χ2n) is 5.50. The largest absolute Gasteiger partial charge is 0.496 e. The number of amides is 1. The number of methoxy groups -OCH3 is 1. The number of carbonyl (C=O) groups excluding carboxylic acids is 1. The molecule has 0 radical (unpaired) electrons. The summed E-state index contributed by atoms with van der Waals surface area (Å²) in [6.07, 6.45) is -3.39. The van der Waals surface area contributed by atoms with Gasteiger partial charge in [0.2, 0.25) is 5.91 Å². The minimum atomic E-state index is -4.44. The Bertz CT molecular complexity index is 528. The van der Waals surface area contributed by atoms with E-state index in [0.29, 0.717) is 30.8 Å². The number of halogens is 3. The lowest BCUT2D eigenvalue weighted by Gasteiger charge is -2.34. The van der Waals surface area contributed by atoms with Crippen molar-refractivity contribution in [3.05, 3.63) is 29.8 Å². The van der Waals surface area contributed by atoms with Crippen LogP contribution in [0.25, 0.3) is 0 Å². The van der Waals surface area contributed by atoms with Gasteiger partial charge in [0.15, 0.2) is 0 Å². The van der Waals surface area contributed by atoms with Gasteiger partial charge in [-0.05, 0) is 18.9 Å². The van der Waals surface area contributed by atoms with Crippen molar-refractivity contribution in [1.82, 2.24) is 4.90 Å². The Hall–Kier alpha value is -1.76. The minimum absolute atomic E-state index is 0.128. The topological polar surface area (TPSA) is 38.8 Å². The third-order valence-corrected chi connectivity index (χ3v) is 3.78. The highest BCUT2D eigenvalue weighted by Crippen LogP contribution is 2.24. The Morgan fingerprint density at radius 1 is 1.39 bits per heavy atom. The number of ether oxygens (including phenoxy) is 2. The molecular weight excluding hydrogens is 311 g/mol. The van der Waals surface area contributed by atoms with Gasteiger partial charge in [-0.15, -0.1) is 0 Å². The van der Waals surface area contributed by atoms with Crippen LogP contribution in [-0.2, 0) is 16.0 Å². The van der Waals surface area contributed by atoms with Crippen LogP contribution in [0.5, 0.6) is 5.75 Å². The SMILES string of the molecule is COc1ccccc1CC(=O)N(CC(F)(F)F)[C@@H]1CCCOC1. The van der Waals surface area contributed by atoms with Gasteiger partial charge in [-0.1, -0.05) is 18.2 Å². The van der Waals surface area contributed by atoms with E-state index >= 15 is 0 Å². The molecule has 1 atom stereocenters. The highest BCUT2D eigenvalue weighted by molar-refractivity contribution is 5.80. The molecule has 1 saturated heterocycles. The lowest BCUT2D eigenvalue weighted by Crippen LogP contribution is -2.49. The molecule has 1 aliphatic rings. The lowest BCUT2D eigenvalue weighted by atomic mass is 10.1. The smallest absolute Gasteiger partial charge is 0.406 e. The molecule has 1 aliphatic heterocycles. The van der Waals surface area contributed by atoms with Crippen LogP contribution in [0.15, 0.2) is 24.3 Å². The third kappa shape index (κ3) is 5.13. The van der Waals surface area contributed by atoms with E-state index < -0.39 is 24.7 Å². The molecule has 1 aromatic rings. The van der Waals surface area contributed by atoms with E-state index in [4.69, 9.17) is 9.47 Å². The Labute approximate surface area is 133 Å². The Balaban J connectivity index is 2.15. The van der Waals surface area contributed by atoms with E-state index in [1.807, 2.05) is 0 Å². The van der Waals surface area contributed by atoms with Gasteiger partial charge in [-0.2, -0.15) is 13.2 Å². The maximum Gasteiger partial charge on any atom is 0.406 e. The molecule has 0 aromatic heterocycles. The van der Waals surface area contributed by atoms with E-state index in [1.54, 1.807) is 24.3 Å². The minimum Gasteiger partial charge on any atom is -0.496 e. The molecule has 0 N–H and O–H groups in total. The van der Waals surface area contributed by atoms with Crippen molar-refractivity contribution < 1.29 is 27.4 Å². The van der Waals surface area contributed by atoms with Crippen LogP contribution in [0.2, 0.25) is 0 Å². The number of nitrogens with zero attached hydrogens (tertiary/aromatic N) is 1. The number of hydrogen-bond donors (Lipinski definition) is 0. The van der Waals surface area contributed by atoms with Crippen LogP contribution in [0.1, 0.15) is 18.4 Å². The predicted octanol–water partition coefficient (Wildman–Crippen LogP) is 2.81. The second kappa shape index (κ2) is 7.68. The number of para-hydroxylation sites is 1. The fraction of sp³-hybridized carbons (Fsp3) is 0.562. The van der Waals surface area contributed by atoms with Crippen molar-refractivity contribution in [2.24, 2.45) is 0 Å². The fourth-order valence-corrected chi connectivity index (χ4v) is 2.70. The molecule has 4 nitrogen and oxygen atoms in total. The first-order chi connectivity index (χ1) is 10.9. The summed E-state index contributed by atoms with van der Waals surface area (Å²) in [6.45, 7) is -0.584. The highest BCUT2D eigenvalue weighted by Gasteiger charge is 2.37. The fourth-order valence-electron chi connectivity index (χ4n) is 2.70. The summed E-state index contributed by atoms with van der Waals surface area (Å²) >= 11 is 0. The van der Waals surface area contributed by atoms with Crippen LogP contribution in [-0.4, -0.2) is 49.9 Å². The number of hydrogen-bond acceptors (Lipinski definition) is 3. The van der Waals surface area contributed by atoms with Crippen molar-refractivity contribution in [2.75, 3.05) is 26.9 Å². The Morgan fingerprint density at radius 3 is 2.74 bits per heavy atom. The molecule has 23 heavy (non-hydrogen) atoms. The van der Waals surface area contributed by atoms with Crippen LogP contribution in [0.4, 0.5) is 13.2 Å². The number of carbonyl (C=O) groups is 1. The van der Waals surface area contributed by atoms with Crippen molar-refractivity contribution in [3.63, 3.8) is 0 Å². The summed E-state index contributed by atoms with van der Waals surface area (Å²) < 4.78 is 48.9. The van der Waals surface area contributed by atoms with E-state index in [2.05, 4.69) is 0 Å². The van der Waals surface area contributed by atoms with Crippen molar-refractivity contribution in [2.45, 2.75) is 31.5 Å². The summed E-state index contributed by atoms with van der Waals surface area (Å²) in [7, 11) is 1.46. The monoisotopic (exact) mass is 331 g/mol. The van der Waals surface area contributed by atoms with Crippen LogP contribution >= 0.6 is 0 Å². The first-order valence-electron chi connectivity index (χ1n) is 7.46. The second-order valence-corrected chi connectivity index (χ2v) is 5.50. The molecule has 7 heteroatoms. The molecule has 0 saturated carbocycles. The van der Waals surface area contributed by atoms with Gasteiger partial charge in [0.1, 0.15) is 12.3 Å². The Kier molecular flexibility index (Phi) is 5.87. The summed E-state index contributed by atoms with van der Waals surface area (Å²) in [5, 5.41) is 0. The zero-order valence-electron chi connectivity index (χ0n) is 12.9. The zero-order chi connectivity index (χ0) is 16.9. The van der Waals surface area contributed by atoms with Crippen LogP contribution in [0.3, 0.4) is 0 Å². The normalized spacial score (nSPS) is 18.5. The molecular formula is C16H20F3NO3. The standard InChI is InChI=1S/C16H20F3NO3/c1-22-14-7-3-2-5-12(14)9-15(21)20(11-16(17,18)19)13-6-4-8-23-10-13/h2-3,5,7,13H,4,6,8-11H2,1H3/t13-/m1/s1. The van der Waals surface area contributed by atoms with Crippen molar-refractivity contribution in [3.8, 4) is 5.75 Å². The van der Waals surface area contributed by atoms with Gasteiger partial charge >= 0.3 is 6.18 Å². The molecule has 0 unspecified atom stereocenters. The maximum atomic E-state index is 12.8. The number of rotatable bonds is 5. The number of benzene rings is 1. The van der Waals surface area contributed by atoms with E-state index in [0.717, 1.165) is 4.90 Å². The molecule has 0 spiro atoms. The molecule has 1 heterocycles. The third-order valence-electron chi connectivity index (χ3n) is 3.78. The lowest BCUT2D eigenvalue weighted by molar-refractivity contribution is -0.169. The average molecular weight is 331 g/mol. The average Bonchev–Trinajstić information content (AvgIpc) is 2.53. The van der Waals surface area contributed by atoms with Gasteiger partial charge < -0.3 is 14.4 Å². The van der Waals surface area contributed by atoms with Gasteiger partial charge in [-0.25, -0.2) is 0 Å². The zero-order valence-corrected chi connectivity index (χ0v) is 12.9. The highest BCUT2D eigenvalue weighted by atomic mass is 19.4. The number of alkyl halides is 3. The maximum absolute atomic E-state index is 12.8. The summed E-state index contributed by atoms with van der Waals surface area (Å²) in [4.78, 5) is 13.4. The van der Waals surface area contributed by atoms with E-state index in [1.165, 1.54) is 7.11 Å². The first kappa shape index (κ1) is 17.6. The molecule has 1 aromatic carbocycles. The molecule has 1 fully saturated rings. The van der Waals surface area contributed by atoms with Crippen LogP contribution < -0.4 is 4.74 Å². The van der Waals surface area contributed by atoms with Crippen LogP contribution in [0, 0.1) is 0 Å². The molecule has 1 amide bonds. The van der Waals surface area contributed by atoms with Crippen molar-refractivity contribution in [1.29, 1.82) is 0 Å². The predicted molar refractivity (Wildman–Crippen MR) is 78.3 cm³/mol. The molecule has 0 bridgehead atoms. The van der Waals surface area contributed by atoms with Crippen molar-refractivity contribution >= 4 is 5.91 Å². The van der Waals surface area contributed by atoms with E-state index in [9.17, 15) is 18.0 Å². The van der Waals surface area contributed by atoms with Gasteiger partial charge in [-0.3, -0.25) is 4.79 Å². The first-order valence-corrected chi connectivity index (χ1v) is 7.46. The van der Waals surface area contributed by atoms with Gasteiger partial charge in [0.05, 0.1) is 26.2 Å². The quantitative estimate of drug-likeness (QED) is 0.833. The molecule has 0 aliphatic carbocycles. The summed E-state index contributed by atoms with van der Waals surface area (Å²) in [5.41, 5.74) is 0.573. The summed E-state index contributed by atoms with van der Waals surface area (Å²) in [6, 6.07) is 6.30. The summed E-state index contributed by atoms with van der Waals surface area (Å²) in [5.74, 6) is -0.0740. The van der Waals surface area contributed by atoms with Gasteiger partial charge in [0, 0.05) is 12.2 Å². The Morgan fingerprint density at radius 2 is 2.13 bits per heavy atom. The van der Waals surface area contributed by atoms with E-state index in [-0.39, 0.29) is 13.0 Å². The van der Waals surface area contributed by atoms with Gasteiger partial charge in [0.25, 0.3) is 0 Å².